The maximum absolute atomic E-state index is 4.51. The molecule has 2 aromatic rings. The maximum atomic E-state index is 4.51. The van der Waals surface area contributed by atoms with E-state index in [1.807, 2.05) is 24.5 Å². The van der Waals surface area contributed by atoms with Gasteiger partial charge in [0.2, 0.25) is 0 Å². The van der Waals surface area contributed by atoms with Gasteiger partial charge in [0.25, 0.3) is 0 Å². The summed E-state index contributed by atoms with van der Waals surface area (Å²) in [4.78, 5) is 8.97. The van der Waals surface area contributed by atoms with Gasteiger partial charge in [-0.05, 0) is 43.4 Å². The van der Waals surface area contributed by atoms with Crippen molar-refractivity contribution in [2.75, 3.05) is 23.4 Å². The van der Waals surface area contributed by atoms with E-state index in [1.54, 1.807) is 0 Å². The summed E-state index contributed by atoms with van der Waals surface area (Å²) in [5.74, 6) is 1.66. The molecule has 112 valence electrons. The van der Waals surface area contributed by atoms with Crippen LogP contribution in [0.2, 0.25) is 0 Å². The molecule has 0 fully saturated rings. The van der Waals surface area contributed by atoms with Gasteiger partial charge in [-0.15, -0.1) is 0 Å². The highest BCUT2D eigenvalue weighted by Gasteiger charge is 2.06. The highest BCUT2D eigenvalue weighted by Crippen LogP contribution is 2.25. The predicted octanol–water partition coefficient (Wildman–Crippen LogP) is 4.83. The molecule has 1 aromatic heterocycles. The number of benzene rings is 1. The molecule has 0 amide bonds. The summed E-state index contributed by atoms with van der Waals surface area (Å²) in [6, 6.07) is 8.08. The summed E-state index contributed by atoms with van der Waals surface area (Å²) < 4.78 is 1.07. The van der Waals surface area contributed by atoms with Crippen LogP contribution in [0.4, 0.5) is 17.3 Å². The first-order chi connectivity index (χ1) is 10.1. The van der Waals surface area contributed by atoms with E-state index in [1.165, 1.54) is 11.8 Å². The number of aryl methyl sites for hydroxylation is 1. The van der Waals surface area contributed by atoms with Gasteiger partial charge in [0, 0.05) is 22.8 Å². The molecular weight excluding hydrogens is 348 g/mol. The number of hydrogen-bond donors (Lipinski definition) is 2. The van der Waals surface area contributed by atoms with E-state index < -0.39 is 0 Å². The minimum atomic E-state index is 0.758. The smallest absolute Gasteiger partial charge is 0.191 e. The molecule has 21 heavy (non-hydrogen) atoms. The third-order valence-corrected chi connectivity index (χ3v) is 3.94. The summed E-state index contributed by atoms with van der Waals surface area (Å²) in [6.45, 7) is 5.11. The van der Waals surface area contributed by atoms with Crippen molar-refractivity contribution in [3.05, 3.63) is 34.3 Å². The summed E-state index contributed by atoms with van der Waals surface area (Å²) in [5.41, 5.74) is 2.21. The standard InChI is InChI=1S/C15H19BrN4S/c1-4-7-17-13-9-14(20-15(19-13)21-3)18-12-6-5-11(16)8-10(12)2/h5-6,8-9H,4,7H2,1-3H3,(H2,17,18,19,20). The maximum Gasteiger partial charge on any atom is 0.191 e. The van der Waals surface area contributed by atoms with Crippen molar-refractivity contribution < 1.29 is 0 Å². The van der Waals surface area contributed by atoms with Crippen molar-refractivity contribution in [2.24, 2.45) is 0 Å². The van der Waals surface area contributed by atoms with E-state index in [2.05, 4.69) is 56.4 Å². The molecule has 0 saturated heterocycles. The van der Waals surface area contributed by atoms with Gasteiger partial charge in [0.05, 0.1) is 0 Å². The van der Waals surface area contributed by atoms with Gasteiger partial charge in [0.15, 0.2) is 5.16 Å². The monoisotopic (exact) mass is 366 g/mol. The molecule has 0 atom stereocenters. The van der Waals surface area contributed by atoms with Crippen LogP contribution in [0.1, 0.15) is 18.9 Å². The van der Waals surface area contributed by atoms with Crippen LogP contribution in [0, 0.1) is 6.92 Å². The first-order valence-corrected chi connectivity index (χ1v) is 8.84. The summed E-state index contributed by atoms with van der Waals surface area (Å²) in [7, 11) is 0. The van der Waals surface area contributed by atoms with Crippen molar-refractivity contribution in [3.63, 3.8) is 0 Å². The SMILES string of the molecule is CCCNc1cc(Nc2ccc(Br)cc2C)nc(SC)n1. The van der Waals surface area contributed by atoms with Crippen molar-refractivity contribution in [1.29, 1.82) is 0 Å². The molecule has 2 rings (SSSR count). The second-order valence-electron chi connectivity index (χ2n) is 4.64. The quantitative estimate of drug-likeness (QED) is 0.565. The number of halogens is 1. The lowest BCUT2D eigenvalue weighted by Gasteiger charge is -2.12. The molecular formula is C15H19BrN4S. The lowest BCUT2D eigenvalue weighted by atomic mass is 10.2. The van der Waals surface area contributed by atoms with Crippen molar-refractivity contribution in [3.8, 4) is 0 Å². The molecule has 2 N–H and O–H groups in total. The molecule has 0 unspecified atom stereocenters. The molecule has 0 aliphatic heterocycles. The van der Waals surface area contributed by atoms with Gasteiger partial charge in [-0.1, -0.05) is 34.6 Å². The minimum Gasteiger partial charge on any atom is -0.370 e. The molecule has 4 nitrogen and oxygen atoms in total. The number of thioether (sulfide) groups is 1. The van der Waals surface area contributed by atoms with Crippen LogP contribution in [0.15, 0.2) is 33.9 Å². The van der Waals surface area contributed by atoms with E-state index in [9.17, 15) is 0 Å². The number of nitrogens with one attached hydrogen (secondary N) is 2. The number of nitrogens with zero attached hydrogens (tertiary/aromatic N) is 2. The third kappa shape index (κ3) is 4.61. The fraction of sp³-hybridized carbons (Fsp3) is 0.333. The van der Waals surface area contributed by atoms with Crippen molar-refractivity contribution in [1.82, 2.24) is 9.97 Å². The van der Waals surface area contributed by atoms with Gasteiger partial charge in [-0.2, -0.15) is 0 Å². The van der Waals surface area contributed by atoms with Crippen LogP contribution in [-0.2, 0) is 0 Å². The van der Waals surface area contributed by atoms with E-state index in [4.69, 9.17) is 0 Å². The zero-order valence-electron chi connectivity index (χ0n) is 12.4. The highest BCUT2D eigenvalue weighted by molar-refractivity contribution is 9.10. The van der Waals surface area contributed by atoms with E-state index in [0.717, 1.165) is 45.5 Å². The van der Waals surface area contributed by atoms with Crippen LogP contribution >= 0.6 is 27.7 Å². The topological polar surface area (TPSA) is 49.8 Å². The Kier molecular flexibility index (Phi) is 5.87. The zero-order valence-corrected chi connectivity index (χ0v) is 14.8. The van der Waals surface area contributed by atoms with Crippen LogP contribution in [-0.4, -0.2) is 22.8 Å². The largest absolute Gasteiger partial charge is 0.370 e. The highest BCUT2D eigenvalue weighted by atomic mass is 79.9. The fourth-order valence-corrected chi connectivity index (χ4v) is 2.68. The van der Waals surface area contributed by atoms with Crippen molar-refractivity contribution >= 4 is 45.0 Å². The minimum absolute atomic E-state index is 0.758. The second-order valence-corrected chi connectivity index (χ2v) is 6.33. The summed E-state index contributed by atoms with van der Waals surface area (Å²) in [5, 5.41) is 7.43. The van der Waals surface area contributed by atoms with Crippen LogP contribution in [0.25, 0.3) is 0 Å². The average molecular weight is 367 g/mol. The van der Waals surface area contributed by atoms with Gasteiger partial charge < -0.3 is 10.6 Å². The molecule has 1 heterocycles. The molecule has 0 aliphatic rings. The molecule has 0 radical (unpaired) electrons. The molecule has 1 aromatic carbocycles. The Morgan fingerprint density at radius 1 is 1.19 bits per heavy atom. The van der Waals surface area contributed by atoms with Crippen molar-refractivity contribution in [2.45, 2.75) is 25.4 Å². The number of anilines is 3. The number of aromatic nitrogens is 2. The Hall–Kier alpha value is -1.27. The Morgan fingerprint density at radius 2 is 1.95 bits per heavy atom. The Balaban J connectivity index is 2.25. The Bertz CT molecular complexity index is 619. The zero-order chi connectivity index (χ0) is 15.2. The Labute approximate surface area is 138 Å². The number of hydrogen-bond acceptors (Lipinski definition) is 5. The lowest BCUT2D eigenvalue weighted by Crippen LogP contribution is -2.05. The van der Waals surface area contributed by atoms with Gasteiger partial charge in [0.1, 0.15) is 11.6 Å². The van der Waals surface area contributed by atoms with E-state index in [0.29, 0.717) is 0 Å². The van der Waals surface area contributed by atoms with E-state index >= 15 is 0 Å². The van der Waals surface area contributed by atoms with Crippen LogP contribution in [0.5, 0.6) is 0 Å². The van der Waals surface area contributed by atoms with Gasteiger partial charge in [-0.3, -0.25) is 0 Å². The average Bonchev–Trinajstić information content (AvgIpc) is 2.48. The van der Waals surface area contributed by atoms with Crippen LogP contribution < -0.4 is 10.6 Å². The molecule has 0 spiro atoms. The molecule has 0 bridgehead atoms. The summed E-state index contributed by atoms with van der Waals surface area (Å²) >= 11 is 5.02. The van der Waals surface area contributed by atoms with Gasteiger partial charge >= 0.3 is 0 Å². The third-order valence-electron chi connectivity index (χ3n) is 2.90. The van der Waals surface area contributed by atoms with Crippen LogP contribution in [0.3, 0.4) is 0 Å². The lowest BCUT2D eigenvalue weighted by molar-refractivity contribution is 0.929. The van der Waals surface area contributed by atoms with Gasteiger partial charge in [-0.25, -0.2) is 9.97 Å². The first-order valence-electron chi connectivity index (χ1n) is 6.82. The molecule has 0 saturated carbocycles. The molecule has 6 heteroatoms. The molecule has 0 aliphatic carbocycles. The van der Waals surface area contributed by atoms with E-state index in [-0.39, 0.29) is 0 Å². The first kappa shape index (κ1) is 16.1. The Morgan fingerprint density at radius 3 is 2.62 bits per heavy atom. The predicted molar refractivity (Wildman–Crippen MR) is 94.8 cm³/mol. The fourth-order valence-electron chi connectivity index (χ4n) is 1.83. The normalized spacial score (nSPS) is 10.5. The number of rotatable bonds is 6. The summed E-state index contributed by atoms with van der Waals surface area (Å²) in [6.07, 6.45) is 3.04. The second kappa shape index (κ2) is 7.66.